The number of hydrogen-bond donors (Lipinski definition) is 1. The third-order valence-electron chi connectivity index (χ3n) is 4.39. The number of carbonyl (C=O) groups is 1. The van der Waals surface area contributed by atoms with E-state index in [-0.39, 0.29) is 17.2 Å². The SMILES string of the molecule is CS(=O)(=O)c1ccc(-c2cc(CCC(C(=O)O)c3ncco3)ccc2F)cc1. The van der Waals surface area contributed by atoms with E-state index >= 15 is 0 Å². The molecule has 0 saturated heterocycles. The number of rotatable bonds is 7. The van der Waals surface area contributed by atoms with Crippen LogP contribution < -0.4 is 0 Å². The molecule has 1 atom stereocenters. The van der Waals surface area contributed by atoms with Crippen molar-refractivity contribution in [3.05, 3.63) is 72.2 Å². The van der Waals surface area contributed by atoms with Crippen molar-refractivity contribution in [2.45, 2.75) is 23.7 Å². The minimum absolute atomic E-state index is 0.131. The fraction of sp³-hybridized carbons (Fsp3) is 0.200. The molecule has 1 N–H and O–H groups in total. The Morgan fingerprint density at radius 1 is 1.21 bits per heavy atom. The number of aryl methyl sites for hydroxylation is 1. The van der Waals surface area contributed by atoms with Crippen LogP contribution in [-0.4, -0.2) is 30.7 Å². The molecule has 0 fully saturated rings. The summed E-state index contributed by atoms with van der Waals surface area (Å²) in [5, 5.41) is 9.38. The van der Waals surface area contributed by atoms with Crippen molar-refractivity contribution in [3.8, 4) is 11.1 Å². The highest BCUT2D eigenvalue weighted by atomic mass is 32.2. The standard InChI is InChI=1S/C20H18FNO5S/c1-28(25,26)15-6-4-14(5-7-15)17-12-13(3-9-18(17)21)2-8-16(20(23)24)19-22-10-11-27-19/h3-7,9-12,16H,2,8H2,1H3,(H,23,24). The van der Waals surface area contributed by atoms with Gasteiger partial charge in [0.15, 0.2) is 9.84 Å². The summed E-state index contributed by atoms with van der Waals surface area (Å²) >= 11 is 0. The maximum Gasteiger partial charge on any atom is 0.315 e. The van der Waals surface area contributed by atoms with E-state index in [1.54, 1.807) is 24.3 Å². The fourth-order valence-corrected chi connectivity index (χ4v) is 3.53. The lowest BCUT2D eigenvalue weighted by Crippen LogP contribution is -2.13. The van der Waals surface area contributed by atoms with Gasteiger partial charge in [-0.05, 0) is 48.2 Å². The van der Waals surface area contributed by atoms with Gasteiger partial charge in [0.05, 0.1) is 11.1 Å². The first-order chi connectivity index (χ1) is 13.3. The molecule has 3 rings (SSSR count). The van der Waals surface area contributed by atoms with E-state index in [1.807, 2.05) is 0 Å². The normalized spacial score (nSPS) is 12.6. The van der Waals surface area contributed by atoms with Crippen LogP contribution in [0.2, 0.25) is 0 Å². The van der Waals surface area contributed by atoms with Crippen LogP contribution in [0.4, 0.5) is 4.39 Å². The van der Waals surface area contributed by atoms with E-state index in [1.165, 1.54) is 30.7 Å². The molecule has 1 aromatic heterocycles. The second-order valence-electron chi connectivity index (χ2n) is 6.41. The van der Waals surface area contributed by atoms with Gasteiger partial charge in [-0.2, -0.15) is 0 Å². The predicted molar refractivity (Wildman–Crippen MR) is 100 cm³/mol. The number of sulfone groups is 1. The Balaban J connectivity index is 1.82. The van der Waals surface area contributed by atoms with Crippen LogP contribution >= 0.6 is 0 Å². The van der Waals surface area contributed by atoms with Crippen molar-refractivity contribution in [1.82, 2.24) is 4.98 Å². The maximum atomic E-state index is 14.3. The number of benzene rings is 2. The summed E-state index contributed by atoms with van der Waals surface area (Å²) in [7, 11) is -3.33. The van der Waals surface area contributed by atoms with Crippen molar-refractivity contribution in [1.29, 1.82) is 0 Å². The van der Waals surface area contributed by atoms with E-state index in [9.17, 15) is 22.7 Å². The topological polar surface area (TPSA) is 97.5 Å². The molecule has 8 heteroatoms. The molecule has 1 unspecified atom stereocenters. The Morgan fingerprint density at radius 2 is 1.93 bits per heavy atom. The van der Waals surface area contributed by atoms with Crippen molar-refractivity contribution < 1.29 is 27.1 Å². The zero-order valence-corrected chi connectivity index (χ0v) is 15.8. The van der Waals surface area contributed by atoms with Crippen LogP contribution in [0.3, 0.4) is 0 Å². The Kier molecular flexibility index (Phi) is 5.60. The quantitative estimate of drug-likeness (QED) is 0.646. The Morgan fingerprint density at radius 3 is 2.50 bits per heavy atom. The zero-order valence-electron chi connectivity index (χ0n) is 15.0. The number of oxazole rings is 1. The van der Waals surface area contributed by atoms with Crippen LogP contribution in [0, 0.1) is 5.82 Å². The molecular formula is C20H18FNO5S. The van der Waals surface area contributed by atoms with E-state index in [2.05, 4.69) is 4.98 Å². The van der Waals surface area contributed by atoms with Crippen molar-refractivity contribution in [3.63, 3.8) is 0 Å². The number of aromatic nitrogens is 1. The first kappa shape index (κ1) is 19.8. The summed E-state index contributed by atoms with van der Waals surface area (Å²) in [6.45, 7) is 0. The summed E-state index contributed by atoms with van der Waals surface area (Å²) in [5.41, 5.74) is 1.61. The summed E-state index contributed by atoms with van der Waals surface area (Å²) in [5.74, 6) is -2.25. The van der Waals surface area contributed by atoms with Crippen molar-refractivity contribution in [2.75, 3.05) is 6.26 Å². The molecule has 0 saturated carbocycles. The van der Waals surface area contributed by atoms with E-state index in [4.69, 9.17) is 4.42 Å². The van der Waals surface area contributed by atoms with Gasteiger partial charge in [0.2, 0.25) is 5.89 Å². The third kappa shape index (κ3) is 4.45. The lowest BCUT2D eigenvalue weighted by Gasteiger charge is -2.11. The van der Waals surface area contributed by atoms with E-state index in [0.29, 0.717) is 17.5 Å². The van der Waals surface area contributed by atoms with Crippen molar-refractivity contribution in [2.24, 2.45) is 0 Å². The molecule has 2 aromatic carbocycles. The second kappa shape index (κ2) is 7.93. The molecule has 0 aliphatic heterocycles. The zero-order chi connectivity index (χ0) is 20.3. The third-order valence-corrected chi connectivity index (χ3v) is 5.52. The summed E-state index contributed by atoms with van der Waals surface area (Å²) < 4.78 is 42.5. The molecule has 146 valence electrons. The average Bonchev–Trinajstić information content (AvgIpc) is 3.16. The highest BCUT2D eigenvalue weighted by Gasteiger charge is 2.24. The lowest BCUT2D eigenvalue weighted by atomic mass is 9.96. The van der Waals surface area contributed by atoms with Gasteiger partial charge in [-0.15, -0.1) is 0 Å². The van der Waals surface area contributed by atoms with Gasteiger partial charge in [-0.1, -0.05) is 18.2 Å². The average molecular weight is 403 g/mol. The van der Waals surface area contributed by atoms with Gasteiger partial charge < -0.3 is 9.52 Å². The Hall–Kier alpha value is -3.00. The summed E-state index contributed by atoms with van der Waals surface area (Å²) in [6, 6.07) is 10.5. The van der Waals surface area contributed by atoms with E-state index < -0.39 is 27.5 Å². The molecule has 0 aliphatic carbocycles. The monoisotopic (exact) mass is 403 g/mol. The van der Waals surface area contributed by atoms with Gasteiger partial charge >= 0.3 is 5.97 Å². The highest BCUT2D eigenvalue weighted by molar-refractivity contribution is 7.90. The minimum atomic E-state index is -3.33. The van der Waals surface area contributed by atoms with Gasteiger partial charge in [0.1, 0.15) is 18.0 Å². The first-order valence-electron chi connectivity index (χ1n) is 8.47. The molecule has 6 nitrogen and oxygen atoms in total. The number of carboxylic acid groups (broad SMARTS) is 1. The number of aliphatic carboxylic acids is 1. The molecule has 3 aromatic rings. The summed E-state index contributed by atoms with van der Waals surface area (Å²) in [6.07, 6.45) is 4.45. The Labute approximate surface area is 161 Å². The van der Waals surface area contributed by atoms with E-state index in [0.717, 1.165) is 11.8 Å². The van der Waals surface area contributed by atoms with Crippen LogP contribution in [0.1, 0.15) is 23.8 Å². The molecule has 0 radical (unpaired) electrons. The van der Waals surface area contributed by atoms with Gasteiger partial charge in [-0.25, -0.2) is 17.8 Å². The largest absolute Gasteiger partial charge is 0.481 e. The molecular weight excluding hydrogens is 385 g/mol. The number of nitrogens with zero attached hydrogens (tertiary/aromatic N) is 1. The molecule has 0 amide bonds. The molecule has 0 aliphatic rings. The van der Waals surface area contributed by atoms with Crippen LogP contribution in [0.5, 0.6) is 0 Å². The van der Waals surface area contributed by atoms with Crippen molar-refractivity contribution >= 4 is 15.8 Å². The number of carboxylic acids is 1. The molecule has 1 heterocycles. The highest BCUT2D eigenvalue weighted by Crippen LogP contribution is 2.27. The molecule has 0 bridgehead atoms. The van der Waals surface area contributed by atoms with Crippen LogP contribution in [0.15, 0.2) is 64.2 Å². The smallest absolute Gasteiger partial charge is 0.315 e. The molecule has 28 heavy (non-hydrogen) atoms. The lowest BCUT2D eigenvalue weighted by molar-refractivity contribution is -0.139. The second-order valence-corrected chi connectivity index (χ2v) is 8.43. The first-order valence-corrected chi connectivity index (χ1v) is 10.4. The van der Waals surface area contributed by atoms with Crippen LogP contribution in [0.25, 0.3) is 11.1 Å². The van der Waals surface area contributed by atoms with Crippen LogP contribution in [-0.2, 0) is 21.1 Å². The maximum absolute atomic E-state index is 14.3. The van der Waals surface area contributed by atoms with Gasteiger partial charge in [0.25, 0.3) is 0 Å². The molecule has 0 spiro atoms. The Bertz CT molecular complexity index is 1080. The summed E-state index contributed by atoms with van der Waals surface area (Å²) in [4.78, 5) is 15.5. The van der Waals surface area contributed by atoms with Gasteiger partial charge in [0, 0.05) is 11.8 Å². The van der Waals surface area contributed by atoms with Gasteiger partial charge in [-0.3, -0.25) is 4.79 Å². The predicted octanol–water partition coefficient (Wildman–Crippen LogP) is 3.69. The number of halogens is 1. The minimum Gasteiger partial charge on any atom is -0.481 e. The number of hydrogen-bond acceptors (Lipinski definition) is 5. The fourth-order valence-electron chi connectivity index (χ4n) is 2.90.